The summed E-state index contributed by atoms with van der Waals surface area (Å²) in [6.07, 6.45) is 0. The van der Waals surface area contributed by atoms with Crippen LogP contribution in [-0.2, 0) is 0 Å². The van der Waals surface area contributed by atoms with Crippen molar-refractivity contribution in [2.24, 2.45) is 0 Å². The molecule has 0 aliphatic carbocycles. The van der Waals surface area contributed by atoms with Crippen LogP contribution in [0.3, 0.4) is 0 Å². The second-order valence-electron chi connectivity index (χ2n) is 8.92. The molecule has 0 fully saturated rings. The Balaban J connectivity index is 1.30. The van der Waals surface area contributed by atoms with Gasteiger partial charge in [-0.05, 0) is 0 Å². The van der Waals surface area contributed by atoms with Gasteiger partial charge in [-0.25, -0.2) is 0 Å². The molecule has 4 nitrogen and oxygen atoms in total. The Bertz CT molecular complexity index is 2170. The van der Waals surface area contributed by atoms with E-state index in [1.54, 1.807) is 0 Å². The van der Waals surface area contributed by atoms with Gasteiger partial charge in [-0.15, -0.1) is 0 Å². The Morgan fingerprint density at radius 2 is 1.03 bits per heavy atom. The Morgan fingerprint density at radius 3 is 1.54 bits per heavy atom. The first-order valence-corrected chi connectivity index (χ1v) is 16.4. The molecule has 0 unspecified atom stereocenters. The van der Waals surface area contributed by atoms with Crippen LogP contribution in [-0.4, -0.2) is 32.0 Å². The van der Waals surface area contributed by atoms with Crippen molar-refractivity contribution < 1.29 is 0 Å². The minimum absolute atomic E-state index is 0.280. The van der Waals surface area contributed by atoms with Gasteiger partial charge in [-0.2, -0.15) is 0 Å². The number of hydrogen-bond donors (Lipinski definition) is 0. The van der Waals surface area contributed by atoms with E-state index in [1.165, 1.54) is 83.8 Å². The van der Waals surface area contributed by atoms with Crippen molar-refractivity contribution in [2.45, 2.75) is 0 Å². The van der Waals surface area contributed by atoms with Crippen LogP contribution in [0.4, 0.5) is 0 Å². The van der Waals surface area contributed by atoms with E-state index >= 15 is 0 Å². The summed E-state index contributed by atoms with van der Waals surface area (Å²) in [5.41, 5.74) is 6.43. The van der Waals surface area contributed by atoms with Crippen LogP contribution in [0.1, 0.15) is 0 Å². The predicted molar refractivity (Wildman–Crippen MR) is 162 cm³/mol. The van der Waals surface area contributed by atoms with Crippen molar-refractivity contribution in [3.63, 3.8) is 0 Å². The van der Waals surface area contributed by atoms with Gasteiger partial charge in [0, 0.05) is 0 Å². The molecule has 174 valence electrons. The van der Waals surface area contributed by atoms with Crippen LogP contribution in [0.25, 0.3) is 82.4 Å². The summed E-state index contributed by atoms with van der Waals surface area (Å²) < 4.78 is 24.3. The van der Waals surface area contributed by atoms with Gasteiger partial charge < -0.3 is 0 Å². The predicted octanol–water partition coefficient (Wildman–Crippen LogP) is 8.82. The third-order valence-electron chi connectivity index (χ3n) is 6.86. The summed E-state index contributed by atoms with van der Waals surface area (Å²) in [7, 11) is 0. The van der Waals surface area contributed by atoms with E-state index in [2.05, 4.69) is 81.5 Å². The Kier molecular flexibility index (Phi) is 4.38. The average molecular weight is 612 g/mol. The van der Waals surface area contributed by atoms with Gasteiger partial charge in [-0.3, -0.25) is 0 Å². The molecule has 0 saturated heterocycles. The van der Waals surface area contributed by atoms with Crippen molar-refractivity contribution in [3.8, 4) is 20.9 Å². The van der Waals surface area contributed by atoms with E-state index < -0.39 is 0 Å². The maximum absolute atomic E-state index is 4.70. The zero-order valence-electron chi connectivity index (χ0n) is 18.8. The Hall–Kier alpha value is -3.04. The number of aromatic nitrogens is 4. The summed E-state index contributed by atoms with van der Waals surface area (Å²) >= 11 is 6.68. The van der Waals surface area contributed by atoms with Gasteiger partial charge in [0.15, 0.2) is 0 Å². The molecule has 0 atom stereocenters. The molecule has 0 aliphatic heterocycles. The van der Waals surface area contributed by atoms with E-state index in [9.17, 15) is 0 Å². The fourth-order valence-corrected chi connectivity index (χ4v) is 12.4. The molecule has 5 heterocycles. The normalized spacial score (nSPS) is 12.3. The molecule has 0 N–H and O–H groups in total. The summed E-state index contributed by atoms with van der Waals surface area (Å²) in [5, 5.41) is 4.92. The number of fused-ring (bicyclic) bond motifs is 7. The van der Waals surface area contributed by atoms with Gasteiger partial charge in [0.1, 0.15) is 0 Å². The number of hydrogen-bond acceptors (Lipinski definition) is 8. The SMILES string of the molecule is c1ccc2c(-c3cc4[se]c5cc(-c6c7ccccc7cc7nsnc67)sc5c4s3)c3nsnc3cc2c1. The zero-order valence-corrected chi connectivity index (χ0v) is 23.7. The maximum atomic E-state index is 4.70. The topological polar surface area (TPSA) is 51.6 Å². The van der Waals surface area contributed by atoms with Gasteiger partial charge in [0.05, 0.1) is 0 Å². The standard InChI is InChI=1S/C28H12N4S4Se/c1-3-7-15-13(5-1)9-17-25(31-35-29-17)23(15)19-11-21-27(33-19)28-22(37-21)12-20(34-28)24-16-8-4-2-6-14(16)10-18-26(24)32-36-30-18/h1-12H. The fraction of sp³-hybridized carbons (Fsp3) is 0. The minimum atomic E-state index is 0.280. The van der Waals surface area contributed by atoms with E-state index in [4.69, 9.17) is 8.75 Å². The Labute approximate surface area is 231 Å². The van der Waals surface area contributed by atoms with Crippen molar-refractivity contribution in [1.82, 2.24) is 17.5 Å². The van der Waals surface area contributed by atoms with Gasteiger partial charge >= 0.3 is 233 Å². The Morgan fingerprint density at radius 1 is 0.541 bits per heavy atom. The molecule has 37 heavy (non-hydrogen) atoms. The first-order chi connectivity index (χ1) is 18.3. The van der Waals surface area contributed by atoms with Crippen LogP contribution >= 0.6 is 46.1 Å². The zero-order chi connectivity index (χ0) is 24.1. The first-order valence-electron chi connectivity index (χ1n) is 11.6. The van der Waals surface area contributed by atoms with Crippen molar-refractivity contribution >= 4 is 122 Å². The van der Waals surface area contributed by atoms with Gasteiger partial charge in [0.2, 0.25) is 0 Å². The summed E-state index contributed by atoms with van der Waals surface area (Å²) in [5.74, 6) is 0. The number of nitrogens with zero attached hydrogens (tertiary/aromatic N) is 4. The summed E-state index contributed by atoms with van der Waals surface area (Å²) in [6, 6.07) is 26.3. The quantitative estimate of drug-likeness (QED) is 0.183. The molecule has 9 heteroatoms. The van der Waals surface area contributed by atoms with Crippen molar-refractivity contribution in [3.05, 3.63) is 72.8 Å². The van der Waals surface area contributed by atoms with E-state index in [-0.39, 0.29) is 14.5 Å². The van der Waals surface area contributed by atoms with Crippen LogP contribution < -0.4 is 0 Å². The van der Waals surface area contributed by atoms with E-state index in [1.807, 2.05) is 22.7 Å². The van der Waals surface area contributed by atoms with E-state index in [0.29, 0.717) is 0 Å². The molecule has 0 aliphatic rings. The molecule has 9 rings (SSSR count). The molecule has 0 saturated carbocycles. The monoisotopic (exact) mass is 612 g/mol. The summed E-state index contributed by atoms with van der Waals surface area (Å²) in [4.78, 5) is 2.58. The van der Waals surface area contributed by atoms with Crippen LogP contribution in [0.5, 0.6) is 0 Å². The van der Waals surface area contributed by atoms with E-state index in [0.717, 1.165) is 22.1 Å². The number of thiophene rings is 2. The molecular formula is C28H12N4S4Se. The molecule has 0 amide bonds. The summed E-state index contributed by atoms with van der Waals surface area (Å²) in [6.45, 7) is 0. The first kappa shape index (κ1) is 21.0. The molecule has 9 aromatic rings. The molecule has 0 radical (unpaired) electrons. The molecule has 5 aromatic heterocycles. The molecule has 0 spiro atoms. The third kappa shape index (κ3) is 2.98. The number of rotatable bonds is 2. The average Bonchev–Trinajstić information content (AvgIpc) is 3.73. The molecule has 4 aromatic carbocycles. The van der Waals surface area contributed by atoms with Crippen LogP contribution in [0.15, 0.2) is 72.8 Å². The fourth-order valence-electron chi connectivity index (χ4n) is 5.26. The van der Waals surface area contributed by atoms with Crippen molar-refractivity contribution in [2.75, 3.05) is 0 Å². The number of benzene rings is 4. The molecule has 0 bridgehead atoms. The second-order valence-corrected chi connectivity index (χ2v) is 14.4. The van der Waals surface area contributed by atoms with Crippen LogP contribution in [0.2, 0.25) is 0 Å². The van der Waals surface area contributed by atoms with Crippen molar-refractivity contribution in [1.29, 1.82) is 0 Å². The second kappa shape index (κ2) is 7.74. The third-order valence-corrected chi connectivity index (χ3v) is 13.3. The van der Waals surface area contributed by atoms with Gasteiger partial charge in [-0.1, -0.05) is 0 Å². The van der Waals surface area contributed by atoms with Gasteiger partial charge in [0.25, 0.3) is 0 Å². The van der Waals surface area contributed by atoms with Crippen LogP contribution in [0, 0.1) is 0 Å². The molecular weight excluding hydrogens is 600 g/mol.